The summed E-state index contributed by atoms with van der Waals surface area (Å²) in [5.41, 5.74) is 4.04. The predicted octanol–water partition coefficient (Wildman–Crippen LogP) is 3.91. The van der Waals surface area contributed by atoms with E-state index in [1.807, 2.05) is 0 Å². The van der Waals surface area contributed by atoms with E-state index in [0.29, 0.717) is 11.8 Å². The predicted molar refractivity (Wildman–Crippen MR) is 80.7 cm³/mol. The number of hydrogen-bond acceptors (Lipinski definition) is 2. The fraction of sp³-hybridized carbons (Fsp3) is 0.333. The Morgan fingerprint density at radius 1 is 0.950 bits per heavy atom. The molecule has 0 spiro atoms. The van der Waals surface area contributed by atoms with E-state index in [1.54, 1.807) is 0 Å². The van der Waals surface area contributed by atoms with Gasteiger partial charge in [-0.25, -0.2) is 0 Å². The third kappa shape index (κ3) is 1.75. The van der Waals surface area contributed by atoms with Crippen LogP contribution in [0.5, 0.6) is 11.5 Å². The van der Waals surface area contributed by atoms with Gasteiger partial charge >= 0.3 is 0 Å². The van der Waals surface area contributed by atoms with Crippen LogP contribution in [0, 0.1) is 6.92 Å². The topological polar surface area (TPSA) is 12.5 Å². The largest absolute Gasteiger partial charge is 0.457 e. The minimum atomic E-state index is 0.540. The summed E-state index contributed by atoms with van der Waals surface area (Å²) in [5.74, 6) is 3.14. The fourth-order valence-electron chi connectivity index (χ4n) is 3.68. The zero-order valence-corrected chi connectivity index (χ0v) is 12.0. The first kappa shape index (κ1) is 12.0. The van der Waals surface area contributed by atoms with Crippen molar-refractivity contribution in [3.8, 4) is 11.5 Å². The lowest BCUT2D eigenvalue weighted by Gasteiger charge is -2.17. The van der Waals surface area contributed by atoms with Crippen LogP contribution >= 0.6 is 0 Å². The Hall–Kier alpha value is -1.80. The quantitative estimate of drug-likeness (QED) is 0.716. The minimum Gasteiger partial charge on any atom is -0.457 e. The third-order valence-corrected chi connectivity index (χ3v) is 4.61. The standard InChI is InChI=1S/C18H19NO/c1-12-7-8-18-14(9-12)16-11-19(2)10-15(16)13-5-3-4-6-17(13)20-18/h3-9,15-16H,10-11H2,1-2H3/t15?,16-/m1/s1. The lowest BCUT2D eigenvalue weighted by molar-refractivity contribution is 0.401. The van der Waals surface area contributed by atoms with Crippen LogP contribution in [0.15, 0.2) is 42.5 Å². The number of likely N-dealkylation sites (N-methyl/N-ethyl adjacent to an activating group) is 1. The van der Waals surface area contributed by atoms with Crippen LogP contribution in [0.25, 0.3) is 0 Å². The molecule has 0 N–H and O–H groups in total. The normalized spacial score (nSPS) is 24.3. The van der Waals surface area contributed by atoms with Gasteiger partial charge in [0.1, 0.15) is 11.5 Å². The van der Waals surface area contributed by atoms with E-state index in [1.165, 1.54) is 16.7 Å². The lowest BCUT2D eigenvalue weighted by Crippen LogP contribution is -2.14. The van der Waals surface area contributed by atoms with Crippen LogP contribution in [0.1, 0.15) is 28.5 Å². The van der Waals surface area contributed by atoms with E-state index in [9.17, 15) is 0 Å². The number of para-hydroxylation sites is 1. The Morgan fingerprint density at radius 3 is 2.50 bits per heavy atom. The van der Waals surface area contributed by atoms with Crippen molar-refractivity contribution in [1.29, 1.82) is 0 Å². The molecule has 1 fully saturated rings. The second kappa shape index (κ2) is 4.35. The van der Waals surface area contributed by atoms with E-state index in [0.717, 1.165) is 24.6 Å². The molecule has 0 saturated carbocycles. The highest BCUT2D eigenvalue weighted by Crippen LogP contribution is 2.49. The summed E-state index contributed by atoms with van der Waals surface area (Å²) in [6.07, 6.45) is 0. The summed E-state index contributed by atoms with van der Waals surface area (Å²) in [4.78, 5) is 2.43. The molecule has 2 aromatic rings. The molecule has 0 amide bonds. The molecule has 4 rings (SSSR count). The monoisotopic (exact) mass is 265 g/mol. The van der Waals surface area contributed by atoms with Crippen molar-refractivity contribution in [1.82, 2.24) is 4.90 Å². The van der Waals surface area contributed by atoms with Gasteiger partial charge in [-0.05, 0) is 31.7 Å². The van der Waals surface area contributed by atoms with Gasteiger partial charge in [-0.1, -0.05) is 35.9 Å². The lowest BCUT2D eigenvalue weighted by atomic mass is 9.84. The Bertz CT molecular complexity index is 664. The van der Waals surface area contributed by atoms with E-state index in [-0.39, 0.29) is 0 Å². The van der Waals surface area contributed by atoms with Crippen molar-refractivity contribution >= 4 is 0 Å². The van der Waals surface area contributed by atoms with Gasteiger partial charge in [0.15, 0.2) is 0 Å². The first-order valence-electron chi connectivity index (χ1n) is 7.28. The molecule has 20 heavy (non-hydrogen) atoms. The Labute approximate surface area is 120 Å². The maximum atomic E-state index is 6.21. The molecule has 0 radical (unpaired) electrons. The van der Waals surface area contributed by atoms with Gasteiger partial charge in [0.25, 0.3) is 0 Å². The molecule has 1 unspecified atom stereocenters. The van der Waals surface area contributed by atoms with Crippen molar-refractivity contribution in [2.75, 3.05) is 20.1 Å². The van der Waals surface area contributed by atoms with Crippen molar-refractivity contribution in [3.63, 3.8) is 0 Å². The zero-order chi connectivity index (χ0) is 13.7. The molecule has 0 bridgehead atoms. The molecular weight excluding hydrogens is 246 g/mol. The SMILES string of the molecule is Cc1ccc2c(c1)[C@H]1CN(C)CC1c1ccccc1O2. The van der Waals surface area contributed by atoms with Crippen molar-refractivity contribution in [2.24, 2.45) is 0 Å². The summed E-state index contributed by atoms with van der Waals surface area (Å²) < 4.78 is 6.21. The summed E-state index contributed by atoms with van der Waals surface area (Å²) >= 11 is 0. The van der Waals surface area contributed by atoms with Gasteiger partial charge in [-0.3, -0.25) is 0 Å². The van der Waals surface area contributed by atoms with Crippen molar-refractivity contribution in [3.05, 3.63) is 59.2 Å². The number of ether oxygens (including phenoxy) is 1. The summed E-state index contributed by atoms with van der Waals surface area (Å²) in [5, 5.41) is 0. The van der Waals surface area contributed by atoms with E-state index >= 15 is 0 Å². The highest BCUT2D eigenvalue weighted by atomic mass is 16.5. The average Bonchev–Trinajstić information content (AvgIpc) is 2.78. The number of benzene rings is 2. The first-order valence-corrected chi connectivity index (χ1v) is 7.28. The molecule has 102 valence electrons. The molecule has 2 aliphatic rings. The van der Waals surface area contributed by atoms with E-state index in [4.69, 9.17) is 4.74 Å². The van der Waals surface area contributed by atoms with Gasteiger partial charge < -0.3 is 9.64 Å². The van der Waals surface area contributed by atoms with Crippen LogP contribution in [0.2, 0.25) is 0 Å². The highest BCUT2D eigenvalue weighted by Gasteiger charge is 2.38. The van der Waals surface area contributed by atoms with Gasteiger partial charge in [0.2, 0.25) is 0 Å². The zero-order valence-electron chi connectivity index (χ0n) is 12.0. The Morgan fingerprint density at radius 2 is 1.65 bits per heavy atom. The van der Waals surface area contributed by atoms with Gasteiger partial charge in [-0.15, -0.1) is 0 Å². The van der Waals surface area contributed by atoms with Crippen molar-refractivity contribution < 1.29 is 4.74 Å². The van der Waals surface area contributed by atoms with Gasteiger partial charge in [0, 0.05) is 30.5 Å². The second-order valence-corrected chi connectivity index (χ2v) is 6.12. The number of nitrogens with zero attached hydrogens (tertiary/aromatic N) is 1. The van der Waals surface area contributed by atoms with Crippen LogP contribution < -0.4 is 4.74 Å². The van der Waals surface area contributed by atoms with Gasteiger partial charge in [0.05, 0.1) is 0 Å². The number of likely N-dealkylation sites (tertiary alicyclic amines) is 1. The summed E-state index contributed by atoms with van der Waals surface area (Å²) in [6, 6.07) is 15.1. The maximum Gasteiger partial charge on any atom is 0.131 e. The average molecular weight is 265 g/mol. The van der Waals surface area contributed by atoms with Gasteiger partial charge in [-0.2, -0.15) is 0 Å². The van der Waals surface area contributed by atoms with Crippen LogP contribution in [-0.4, -0.2) is 25.0 Å². The molecule has 2 heterocycles. The van der Waals surface area contributed by atoms with Crippen LogP contribution in [0.3, 0.4) is 0 Å². The smallest absolute Gasteiger partial charge is 0.131 e. The third-order valence-electron chi connectivity index (χ3n) is 4.61. The molecule has 0 aromatic heterocycles. The van der Waals surface area contributed by atoms with Crippen LogP contribution in [-0.2, 0) is 0 Å². The Balaban J connectivity index is 1.93. The number of hydrogen-bond donors (Lipinski definition) is 0. The van der Waals surface area contributed by atoms with Crippen LogP contribution in [0.4, 0.5) is 0 Å². The second-order valence-electron chi connectivity index (χ2n) is 6.12. The molecular formula is C18H19NO. The number of rotatable bonds is 0. The summed E-state index contributed by atoms with van der Waals surface area (Å²) in [6.45, 7) is 4.38. The maximum absolute atomic E-state index is 6.21. The molecule has 2 heteroatoms. The molecule has 2 atom stereocenters. The van der Waals surface area contributed by atoms with E-state index in [2.05, 4.69) is 61.3 Å². The first-order chi connectivity index (χ1) is 9.72. The molecule has 0 aliphatic carbocycles. The fourth-order valence-corrected chi connectivity index (χ4v) is 3.68. The van der Waals surface area contributed by atoms with Crippen molar-refractivity contribution in [2.45, 2.75) is 18.8 Å². The Kier molecular flexibility index (Phi) is 2.61. The van der Waals surface area contributed by atoms with E-state index < -0.39 is 0 Å². The molecule has 2 nitrogen and oxygen atoms in total. The molecule has 1 saturated heterocycles. The molecule has 2 aliphatic heterocycles. The summed E-state index contributed by atoms with van der Waals surface area (Å²) in [7, 11) is 2.22. The highest BCUT2D eigenvalue weighted by molar-refractivity contribution is 5.51. The number of aryl methyl sites for hydroxylation is 1. The molecule has 2 aromatic carbocycles. The number of fused-ring (bicyclic) bond motifs is 5. The minimum absolute atomic E-state index is 0.540.